The minimum Gasteiger partial charge on any atom is -0.473 e. The fourth-order valence-corrected chi connectivity index (χ4v) is 5.10. The van der Waals surface area contributed by atoms with Crippen molar-refractivity contribution in [3.8, 4) is 17.3 Å². The van der Waals surface area contributed by atoms with E-state index in [1.165, 1.54) is 0 Å². The number of anilines is 1. The maximum absolute atomic E-state index is 11.7. The Morgan fingerprint density at radius 3 is 2.58 bits per heavy atom. The lowest BCUT2D eigenvalue weighted by Gasteiger charge is -2.35. The van der Waals surface area contributed by atoms with E-state index >= 15 is 0 Å². The second-order valence-corrected chi connectivity index (χ2v) is 10.0. The van der Waals surface area contributed by atoms with Crippen LogP contribution >= 0.6 is 0 Å². The van der Waals surface area contributed by atoms with E-state index in [1.807, 2.05) is 36.5 Å². The number of rotatable bonds is 6. The Morgan fingerprint density at radius 1 is 1.14 bits per heavy atom. The van der Waals surface area contributed by atoms with Crippen LogP contribution in [0.3, 0.4) is 0 Å². The second kappa shape index (κ2) is 9.07. The lowest BCUT2D eigenvalue weighted by atomic mass is 10.0. The lowest BCUT2D eigenvalue weighted by molar-refractivity contribution is -0.129. The van der Waals surface area contributed by atoms with E-state index < -0.39 is 0 Å². The molecule has 0 aromatic carbocycles. The molecule has 3 aromatic heterocycles. The van der Waals surface area contributed by atoms with Gasteiger partial charge in [0.25, 0.3) is 0 Å². The molecule has 2 saturated heterocycles. The molecule has 2 aliphatic heterocycles. The van der Waals surface area contributed by atoms with E-state index in [0.717, 1.165) is 61.4 Å². The molecule has 10 heteroatoms. The van der Waals surface area contributed by atoms with E-state index in [2.05, 4.69) is 25.8 Å². The van der Waals surface area contributed by atoms with Crippen molar-refractivity contribution in [2.24, 2.45) is 5.92 Å². The molecule has 1 N–H and O–H groups in total. The molecular weight excluding hydrogens is 458 g/mol. The van der Waals surface area contributed by atoms with Gasteiger partial charge in [0.15, 0.2) is 0 Å². The van der Waals surface area contributed by atoms with Crippen LogP contribution in [0.2, 0.25) is 0 Å². The molecule has 36 heavy (non-hydrogen) atoms. The molecule has 2 atom stereocenters. The largest absolute Gasteiger partial charge is 0.473 e. The minimum absolute atomic E-state index is 0.0670. The fraction of sp³-hybridized carbons (Fsp3) is 0.500. The number of imidazole rings is 1. The molecule has 1 unspecified atom stereocenters. The fourth-order valence-electron chi connectivity index (χ4n) is 5.10. The average Bonchev–Trinajstić information content (AvgIpc) is 3.49. The molecule has 2 amide bonds. The Labute approximate surface area is 209 Å². The highest BCUT2D eigenvalue weighted by Crippen LogP contribution is 2.40. The van der Waals surface area contributed by atoms with E-state index in [4.69, 9.17) is 14.7 Å². The van der Waals surface area contributed by atoms with E-state index in [1.54, 1.807) is 6.92 Å². The summed E-state index contributed by atoms with van der Waals surface area (Å²) in [5.41, 5.74) is 4.23. The number of nitrogens with zero attached hydrogens (tertiary/aromatic N) is 6. The first kappa shape index (κ1) is 22.8. The number of piperazine rings is 1. The maximum Gasteiger partial charge on any atom is 0.241 e. The second-order valence-electron chi connectivity index (χ2n) is 10.0. The Hall–Kier alpha value is -3.69. The Kier molecular flexibility index (Phi) is 5.73. The van der Waals surface area contributed by atoms with Gasteiger partial charge in [-0.25, -0.2) is 9.97 Å². The summed E-state index contributed by atoms with van der Waals surface area (Å²) in [6.45, 7) is 7.26. The monoisotopic (exact) mass is 489 g/mol. The topological polar surface area (TPSA) is 105 Å². The van der Waals surface area contributed by atoms with Gasteiger partial charge >= 0.3 is 0 Å². The van der Waals surface area contributed by atoms with Gasteiger partial charge in [0, 0.05) is 58.0 Å². The van der Waals surface area contributed by atoms with Crippen molar-refractivity contribution in [2.45, 2.75) is 45.3 Å². The Balaban J connectivity index is 1.27. The Bertz CT molecular complexity index is 1290. The van der Waals surface area contributed by atoms with E-state index in [9.17, 15) is 9.59 Å². The zero-order valence-electron chi connectivity index (χ0n) is 20.7. The van der Waals surface area contributed by atoms with Crippen molar-refractivity contribution in [3.63, 3.8) is 0 Å². The van der Waals surface area contributed by atoms with Gasteiger partial charge in [-0.2, -0.15) is 0 Å². The van der Waals surface area contributed by atoms with E-state index in [0.29, 0.717) is 30.6 Å². The predicted octanol–water partition coefficient (Wildman–Crippen LogP) is 2.40. The molecule has 188 valence electrons. The first-order valence-corrected chi connectivity index (χ1v) is 12.7. The zero-order valence-corrected chi connectivity index (χ0v) is 20.7. The Morgan fingerprint density at radius 2 is 1.94 bits per heavy atom. The quantitative estimate of drug-likeness (QED) is 0.567. The van der Waals surface area contributed by atoms with Gasteiger partial charge in [0.05, 0.1) is 35.1 Å². The number of amides is 2. The van der Waals surface area contributed by atoms with Gasteiger partial charge in [-0.05, 0) is 38.0 Å². The van der Waals surface area contributed by atoms with Gasteiger partial charge in [0.2, 0.25) is 17.7 Å². The van der Waals surface area contributed by atoms with Crippen LogP contribution in [-0.2, 0) is 9.59 Å². The van der Waals surface area contributed by atoms with Crippen LogP contribution in [0.5, 0.6) is 5.88 Å². The number of ether oxygens (including phenoxy) is 1. The van der Waals surface area contributed by atoms with Crippen molar-refractivity contribution in [1.29, 1.82) is 0 Å². The molecule has 1 saturated carbocycles. The number of carbonyl (C=O) groups excluding carboxylic acids is 2. The maximum atomic E-state index is 11.7. The summed E-state index contributed by atoms with van der Waals surface area (Å²) < 4.78 is 8.58. The van der Waals surface area contributed by atoms with Gasteiger partial charge in [-0.15, -0.1) is 0 Å². The van der Waals surface area contributed by atoms with E-state index in [-0.39, 0.29) is 23.8 Å². The molecule has 3 aliphatic rings. The van der Waals surface area contributed by atoms with Crippen LogP contribution in [-0.4, -0.2) is 75.1 Å². The summed E-state index contributed by atoms with van der Waals surface area (Å²) in [6, 6.07) is 6.45. The summed E-state index contributed by atoms with van der Waals surface area (Å²) >= 11 is 0. The van der Waals surface area contributed by atoms with Crippen LogP contribution < -0.4 is 15.0 Å². The average molecular weight is 490 g/mol. The molecule has 3 fully saturated rings. The summed E-state index contributed by atoms with van der Waals surface area (Å²) in [5.74, 6) is 0.843. The van der Waals surface area contributed by atoms with Crippen LogP contribution in [0.15, 0.2) is 30.7 Å². The number of pyridine rings is 2. The zero-order chi connectivity index (χ0) is 24.8. The molecule has 5 heterocycles. The molecule has 6 rings (SSSR count). The molecule has 0 spiro atoms. The van der Waals surface area contributed by atoms with Gasteiger partial charge < -0.3 is 24.4 Å². The van der Waals surface area contributed by atoms with Crippen molar-refractivity contribution in [3.05, 3.63) is 30.7 Å². The smallest absolute Gasteiger partial charge is 0.241 e. The molecule has 0 radical (unpaired) electrons. The van der Waals surface area contributed by atoms with Crippen molar-refractivity contribution >= 4 is 28.5 Å². The van der Waals surface area contributed by atoms with Crippen LogP contribution in [0.4, 0.5) is 5.69 Å². The predicted molar refractivity (Wildman–Crippen MR) is 135 cm³/mol. The number of hydrogen-bond acceptors (Lipinski definition) is 7. The third kappa shape index (κ3) is 4.36. The van der Waals surface area contributed by atoms with Crippen LogP contribution in [0.1, 0.15) is 39.2 Å². The number of nitrogens with one attached hydrogen (secondary N) is 1. The number of carbonyl (C=O) groups is 2. The van der Waals surface area contributed by atoms with Crippen molar-refractivity contribution in [2.75, 3.05) is 37.6 Å². The number of fused-ring (bicyclic) bond motifs is 1. The standard InChI is InChI=1S/C26H31N7O3/c1-16(18-11-24(35)28-13-18)36-26-25-23(29-15-33(25)19-3-4-19)12-22(30-26)21-6-5-20(14-27-21)32-9-7-31(8-10-32)17(2)34/h5-6,12,14-16,18-19H,3-4,7-11,13H2,1-2H3,(H,28,35)/t16-,18?/m1/s1. The summed E-state index contributed by atoms with van der Waals surface area (Å²) in [5, 5.41) is 2.90. The number of hydrogen-bond donors (Lipinski definition) is 1. The van der Waals surface area contributed by atoms with Crippen molar-refractivity contribution in [1.82, 2.24) is 29.7 Å². The highest BCUT2D eigenvalue weighted by atomic mass is 16.5. The molecule has 3 aromatic rings. The molecule has 10 nitrogen and oxygen atoms in total. The highest BCUT2D eigenvalue weighted by Gasteiger charge is 2.31. The third-order valence-corrected chi connectivity index (χ3v) is 7.53. The van der Waals surface area contributed by atoms with Gasteiger partial charge in [-0.1, -0.05) is 0 Å². The van der Waals surface area contributed by atoms with Crippen molar-refractivity contribution < 1.29 is 14.3 Å². The van der Waals surface area contributed by atoms with Crippen LogP contribution in [0, 0.1) is 5.92 Å². The third-order valence-electron chi connectivity index (χ3n) is 7.53. The molecule has 0 bridgehead atoms. The summed E-state index contributed by atoms with van der Waals surface area (Å²) in [6.07, 6.45) is 6.31. The first-order valence-electron chi connectivity index (χ1n) is 12.7. The van der Waals surface area contributed by atoms with Gasteiger partial charge in [0.1, 0.15) is 11.6 Å². The molecular formula is C26H31N7O3. The first-order chi connectivity index (χ1) is 17.5. The lowest BCUT2D eigenvalue weighted by Crippen LogP contribution is -2.48. The normalized spacial score (nSPS) is 21.1. The highest BCUT2D eigenvalue weighted by molar-refractivity contribution is 5.84. The molecule has 1 aliphatic carbocycles. The minimum atomic E-state index is -0.165. The van der Waals surface area contributed by atoms with Crippen LogP contribution in [0.25, 0.3) is 22.4 Å². The number of aromatic nitrogens is 4. The summed E-state index contributed by atoms with van der Waals surface area (Å²) in [4.78, 5) is 41.8. The van der Waals surface area contributed by atoms with Gasteiger partial charge in [-0.3, -0.25) is 14.6 Å². The summed E-state index contributed by atoms with van der Waals surface area (Å²) in [7, 11) is 0. The SMILES string of the molecule is CC(=O)N1CCN(c2ccc(-c3cc4ncn(C5CC5)c4c(O[C@H](C)C4CNC(=O)C4)n3)nc2)CC1.